The zero-order valence-corrected chi connectivity index (χ0v) is 19.0. The molecule has 7 rings (SSSR count). The van der Waals surface area contributed by atoms with Gasteiger partial charge in [-0.3, -0.25) is 9.25 Å². The van der Waals surface area contributed by atoms with E-state index in [1.165, 1.54) is 12.8 Å². The second kappa shape index (κ2) is 7.28. The number of hydrogen-bond acceptors (Lipinski definition) is 4. The molecule has 0 bridgehead atoms. The van der Waals surface area contributed by atoms with Crippen LogP contribution < -0.4 is 5.69 Å². The summed E-state index contributed by atoms with van der Waals surface area (Å²) in [5.41, 5.74) is 4.58. The number of rotatable bonds is 6. The minimum Gasteiger partial charge on any atom is -0.335 e. The van der Waals surface area contributed by atoms with Gasteiger partial charge >= 0.3 is 5.69 Å². The van der Waals surface area contributed by atoms with E-state index >= 15 is 0 Å². The van der Waals surface area contributed by atoms with E-state index in [4.69, 9.17) is 10.1 Å². The van der Waals surface area contributed by atoms with Crippen LogP contribution in [-0.2, 0) is 13.6 Å². The van der Waals surface area contributed by atoms with Crippen LogP contribution in [0.1, 0.15) is 31.7 Å². The molecule has 2 aromatic carbocycles. The largest absolute Gasteiger partial charge is 0.346 e. The summed E-state index contributed by atoms with van der Waals surface area (Å²) in [5.74, 6) is 2.02. The number of imidazole rings is 1. The lowest BCUT2D eigenvalue weighted by Gasteiger charge is -2.05. The summed E-state index contributed by atoms with van der Waals surface area (Å²) < 4.78 is 5.42. The molecule has 3 aromatic heterocycles. The van der Waals surface area contributed by atoms with Crippen LogP contribution in [0.5, 0.6) is 0 Å². The van der Waals surface area contributed by atoms with Crippen LogP contribution in [0.25, 0.3) is 45.1 Å². The van der Waals surface area contributed by atoms with Crippen molar-refractivity contribution in [1.82, 2.24) is 34.1 Å². The first-order valence-electron chi connectivity index (χ1n) is 11.9. The smallest absolute Gasteiger partial charge is 0.335 e. The van der Waals surface area contributed by atoms with E-state index in [-0.39, 0.29) is 11.7 Å². The van der Waals surface area contributed by atoms with Crippen molar-refractivity contribution in [2.24, 2.45) is 13.0 Å². The maximum atomic E-state index is 13.3. The van der Waals surface area contributed by atoms with E-state index < -0.39 is 0 Å². The summed E-state index contributed by atoms with van der Waals surface area (Å²) in [6.07, 6.45) is 6.24. The third-order valence-corrected chi connectivity index (χ3v) is 6.91. The molecule has 8 heteroatoms. The topological polar surface area (TPSA) is 86.3 Å². The minimum atomic E-state index is -0.00621. The highest BCUT2D eigenvalue weighted by Crippen LogP contribution is 2.40. The van der Waals surface area contributed by atoms with Gasteiger partial charge in [0.1, 0.15) is 17.2 Å². The van der Waals surface area contributed by atoms with Gasteiger partial charge in [0.05, 0.1) is 11.7 Å². The summed E-state index contributed by atoms with van der Waals surface area (Å²) in [6, 6.07) is 16.5. The molecule has 8 nitrogen and oxygen atoms in total. The van der Waals surface area contributed by atoms with Crippen molar-refractivity contribution in [3.63, 3.8) is 0 Å². The Hall–Kier alpha value is -3.94. The number of hydrogen-bond donors (Lipinski definition) is 1. The van der Waals surface area contributed by atoms with Gasteiger partial charge in [0.25, 0.3) is 0 Å². The molecule has 0 unspecified atom stereocenters. The predicted molar refractivity (Wildman–Crippen MR) is 130 cm³/mol. The number of nitrogens with zero attached hydrogens (tertiary/aromatic N) is 6. The molecule has 0 amide bonds. The highest BCUT2D eigenvalue weighted by molar-refractivity contribution is 5.87. The summed E-state index contributed by atoms with van der Waals surface area (Å²) in [7, 11) is 1.94. The Morgan fingerprint density at radius 1 is 1.03 bits per heavy atom. The van der Waals surface area contributed by atoms with Crippen molar-refractivity contribution in [1.29, 1.82) is 0 Å². The van der Waals surface area contributed by atoms with Gasteiger partial charge in [-0.25, -0.2) is 14.5 Å². The number of H-pyrrole nitrogens is 1. The van der Waals surface area contributed by atoms with Gasteiger partial charge < -0.3 is 4.98 Å². The van der Waals surface area contributed by atoms with Gasteiger partial charge in [-0.05, 0) is 37.7 Å². The monoisotopic (exact) mass is 451 g/mol. The Kier molecular flexibility index (Phi) is 4.18. The van der Waals surface area contributed by atoms with E-state index in [9.17, 15) is 4.79 Å². The van der Waals surface area contributed by atoms with Gasteiger partial charge in [0, 0.05) is 36.1 Å². The Labute approximate surface area is 195 Å². The average molecular weight is 452 g/mol. The number of aromatic amines is 1. The summed E-state index contributed by atoms with van der Waals surface area (Å²) in [5, 5.41) is 10.3. The molecule has 0 radical (unpaired) electrons. The SMILES string of the molecule is Cn1ncc2ccc(-c3nc(-c4ccccc4)[nH]c3-c3nn(CC4CC4)c(=O)n3C3CC3)cc21. The van der Waals surface area contributed by atoms with Gasteiger partial charge in [-0.2, -0.15) is 5.10 Å². The third kappa shape index (κ3) is 3.21. The lowest BCUT2D eigenvalue weighted by atomic mass is 10.1. The van der Waals surface area contributed by atoms with Crippen molar-refractivity contribution in [3.05, 3.63) is 65.2 Å². The maximum absolute atomic E-state index is 13.3. The van der Waals surface area contributed by atoms with Crippen molar-refractivity contribution in [2.75, 3.05) is 0 Å². The Morgan fingerprint density at radius 3 is 2.62 bits per heavy atom. The molecule has 0 saturated heterocycles. The van der Waals surface area contributed by atoms with Crippen LogP contribution in [0.15, 0.2) is 59.5 Å². The van der Waals surface area contributed by atoms with Crippen LogP contribution in [-0.4, -0.2) is 34.1 Å². The van der Waals surface area contributed by atoms with E-state index in [2.05, 4.69) is 28.3 Å². The van der Waals surface area contributed by atoms with Crippen LogP contribution in [0.2, 0.25) is 0 Å². The van der Waals surface area contributed by atoms with Gasteiger partial charge in [0.15, 0.2) is 5.82 Å². The normalized spacial score (nSPS) is 15.9. The molecule has 5 aromatic rings. The van der Waals surface area contributed by atoms with Crippen LogP contribution in [0, 0.1) is 5.92 Å². The van der Waals surface area contributed by atoms with Crippen LogP contribution in [0.3, 0.4) is 0 Å². The fraction of sp³-hybridized carbons (Fsp3) is 0.308. The first kappa shape index (κ1) is 19.5. The maximum Gasteiger partial charge on any atom is 0.346 e. The Morgan fingerprint density at radius 2 is 1.85 bits per heavy atom. The molecule has 0 spiro atoms. The third-order valence-electron chi connectivity index (χ3n) is 6.91. The van der Waals surface area contributed by atoms with E-state index in [1.54, 1.807) is 4.68 Å². The zero-order valence-electron chi connectivity index (χ0n) is 19.0. The molecule has 2 aliphatic carbocycles. The molecule has 2 fully saturated rings. The van der Waals surface area contributed by atoms with E-state index in [0.29, 0.717) is 18.3 Å². The number of aromatic nitrogens is 7. The van der Waals surface area contributed by atoms with Crippen LogP contribution >= 0.6 is 0 Å². The number of fused-ring (bicyclic) bond motifs is 1. The molecule has 2 saturated carbocycles. The zero-order chi connectivity index (χ0) is 22.8. The standard InChI is InChI=1S/C26H25N7O/c1-31-21-13-18(9-10-19(21)14-27-31)22-23(29-24(28-22)17-5-3-2-4-6-17)25-30-32(15-16-7-8-16)26(34)33(25)20-11-12-20/h2-6,9-10,13-14,16,20H,7-8,11-12,15H2,1H3,(H,28,29). The van der Waals surface area contributed by atoms with Crippen molar-refractivity contribution >= 4 is 10.9 Å². The lowest BCUT2D eigenvalue weighted by Crippen LogP contribution is -2.25. The molecule has 2 aliphatic rings. The van der Waals surface area contributed by atoms with Gasteiger partial charge in [0.2, 0.25) is 0 Å². The van der Waals surface area contributed by atoms with E-state index in [1.807, 2.05) is 52.8 Å². The molecule has 0 atom stereocenters. The molecule has 1 N–H and O–H groups in total. The Bertz CT molecular complexity index is 1580. The van der Waals surface area contributed by atoms with Gasteiger partial charge in [-0.15, -0.1) is 5.10 Å². The number of aryl methyl sites for hydroxylation is 1. The molecular weight excluding hydrogens is 426 g/mol. The van der Waals surface area contributed by atoms with E-state index in [0.717, 1.165) is 52.1 Å². The van der Waals surface area contributed by atoms with Gasteiger partial charge in [-0.1, -0.05) is 42.5 Å². The van der Waals surface area contributed by atoms with Crippen molar-refractivity contribution < 1.29 is 0 Å². The molecule has 0 aliphatic heterocycles. The second-order valence-electron chi connectivity index (χ2n) is 9.55. The highest BCUT2D eigenvalue weighted by Gasteiger charge is 2.34. The highest BCUT2D eigenvalue weighted by atomic mass is 16.2. The number of benzene rings is 2. The predicted octanol–water partition coefficient (Wildman–Crippen LogP) is 4.40. The summed E-state index contributed by atoms with van der Waals surface area (Å²) in [4.78, 5) is 21.9. The quantitative estimate of drug-likeness (QED) is 0.415. The second-order valence-corrected chi connectivity index (χ2v) is 9.55. The molecule has 3 heterocycles. The summed E-state index contributed by atoms with van der Waals surface area (Å²) >= 11 is 0. The minimum absolute atomic E-state index is 0.00621. The average Bonchev–Trinajstić information content (AvgIpc) is 3.77. The first-order valence-corrected chi connectivity index (χ1v) is 11.9. The fourth-order valence-electron chi connectivity index (χ4n) is 4.68. The molecular formula is C26H25N7O. The number of nitrogens with one attached hydrogen (secondary N) is 1. The first-order chi connectivity index (χ1) is 16.7. The Balaban J connectivity index is 1.45. The molecule has 34 heavy (non-hydrogen) atoms. The van der Waals surface area contributed by atoms with Crippen molar-refractivity contribution in [2.45, 2.75) is 38.3 Å². The van der Waals surface area contributed by atoms with Crippen molar-refractivity contribution in [3.8, 4) is 34.2 Å². The summed E-state index contributed by atoms with van der Waals surface area (Å²) in [6.45, 7) is 0.696. The van der Waals surface area contributed by atoms with Crippen LogP contribution in [0.4, 0.5) is 0 Å². The molecule has 170 valence electrons. The lowest BCUT2D eigenvalue weighted by molar-refractivity contribution is 0.533. The fourth-order valence-corrected chi connectivity index (χ4v) is 4.68.